The predicted molar refractivity (Wildman–Crippen MR) is 82.3 cm³/mol. The van der Waals surface area contributed by atoms with E-state index in [-0.39, 0.29) is 5.78 Å². The van der Waals surface area contributed by atoms with E-state index in [1.54, 1.807) is 13.3 Å². The third-order valence-corrected chi connectivity index (χ3v) is 3.45. The van der Waals surface area contributed by atoms with Gasteiger partial charge in [-0.05, 0) is 17.7 Å². The van der Waals surface area contributed by atoms with Crippen molar-refractivity contribution < 1.29 is 9.53 Å². The van der Waals surface area contributed by atoms with Crippen LogP contribution >= 0.6 is 0 Å². The standard InChI is InChI=1S/C18H15NO2/c1-21-18(13-7-3-2-4-8-13)17(20)15-11-14-9-5-6-10-16(14)19-12-15/h2-12,18H,1H3. The predicted octanol–water partition coefficient (Wildman–Crippen LogP) is 3.81. The zero-order chi connectivity index (χ0) is 14.7. The summed E-state index contributed by atoms with van der Waals surface area (Å²) in [5.74, 6) is -0.0815. The maximum Gasteiger partial charge on any atom is 0.197 e. The van der Waals surface area contributed by atoms with Crippen molar-refractivity contribution >= 4 is 16.7 Å². The molecule has 21 heavy (non-hydrogen) atoms. The van der Waals surface area contributed by atoms with Crippen LogP contribution in [0.1, 0.15) is 22.0 Å². The molecule has 1 unspecified atom stereocenters. The Kier molecular flexibility index (Phi) is 3.75. The normalized spacial score (nSPS) is 12.2. The summed E-state index contributed by atoms with van der Waals surface area (Å²) in [6, 6.07) is 19.1. The van der Waals surface area contributed by atoms with Crippen molar-refractivity contribution in [2.45, 2.75) is 6.10 Å². The Morgan fingerprint density at radius 2 is 1.76 bits per heavy atom. The first-order valence-corrected chi connectivity index (χ1v) is 6.76. The molecular weight excluding hydrogens is 262 g/mol. The molecule has 2 aromatic carbocycles. The molecular formula is C18H15NO2. The van der Waals surface area contributed by atoms with E-state index in [1.165, 1.54) is 0 Å². The average molecular weight is 277 g/mol. The Labute approximate surface area is 123 Å². The van der Waals surface area contributed by atoms with Crippen LogP contribution in [0, 0.1) is 0 Å². The fraction of sp³-hybridized carbons (Fsp3) is 0.111. The van der Waals surface area contributed by atoms with Crippen LogP contribution in [0.15, 0.2) is 66.9 Å². The number of hydrogen-bond donors (Lipinski definition) is 0. The lowest BCUT2D eigenvalue weighted by atomic mass is 10.00. The highest BCUT2D eigenvalue weighted by Crippen LogP contribution is 2.23. The summed E-state index contributed by atoms with van der Waals surface area (Å²) in [6.45, 7) is 0. The highest BCUT2D eigenvalue weighted by atomic mass is 16.5. The lowest BCUT2D eigenvalue weighted by Crippen LogP contribution is -2.15. The van der Waals surface area contributed by atoms with Gasteiger partial charge in [0.05, 0.1) is 5.52 Å². The molecule has 0 aliphatic rings. The summed E-state index contributed by atoms with van der Waals surface area (Å²) >= 11 is 0. The van der Waals surface area contributed by atoms with E-state index in [1.807, 2.05) is 60.7 Å². The first-order valence-electron chi connectivity index (χ1n) is 6.76. The second-order valence-corrected chi connectivity index (χ2v) is 4.81. The molecule has 1 atom stereocenters. The fourth-order valence-corrected chi connectivity index (χ4v) is 2.38. The minimum atomic E-state index is -0.603. The number of para-hydroxylation sites is 1. The van der Waals surface area contributed by atoms with Crippen molar-refractivity contribution in [3.8, 4) is 0 Å². The number of rotatable bonds is 4. The van der Waals surface area contributed by atoms with Crippen LogP contribution in [0.3, 0.4) is 0 Å². The van der Waals surface area contributed by atoms with Gasteiger partial charge in [0, 0.05) is 24.3 Å². The van der Waals surface area contributed by atoms with Crippen molar-refractivity contribution in [2.24, 2.45) is 0 Å². The molecule has 3 nitrogen and oxygen atoms in total. The summed E-state index contributed by atoms with van der Waals surface area (Å²) in [7, 11) is 1.55. The number of hydrogen-bond acceptors (Lipinski definition) is 3. The smallest absolute Gasteiger partial charge is 0.197 e. The number of fused-ring (bicyclic) bond motifs is 1. The maximum atomic E-state index is 12.7. The van der Waals surface area contributed by atoms with Gasteiger partial charge in [-0.15, -0.1) is 0 Å². The summed E-state index contributed by atoms with van der Waals surface area (Å²) in [4.78, 5) is 17.0. The largest absolute Gasteiger partial charge is 0.369 e. The van der Waals surface area contributed by atoms with Crippen molar-refractivity contribution in [1.82, 2.24) is 4.98 Å². The molecule has 0 N–H and O–H groups in total. The fourth-order valence-electron chi connectivity index (χ4n) is 2.38. The Balaban J connectivity index is 1.98. The number of ketones is 1. The van der Waals surface area contributed by atoms with E-state index in [9.17, 15) is 4.79 Å². The van der Waals surface area contributed by atoms with Gasteiger partial charge in [-0.2, -0.15) is 0 Å². The molecule has 0 saturated heterocycles. The van der Waals surface area contributed by atoms with Crippen LogP contribution in [-0.2, 0) is 4.74 Å². The second-order valence-electron chi connectivity index (χ2n) is 4.81. The van der Waals surface area contributed by atoms with Gasteiger partial charge in [0.1, 0.15) is 6.10 Å². The van der Waals surface area contributed by atoms with Gasteiger partial charge < -0.3 is 4.74 Å². The van der Waals surface area contributed by atoms with Crippen LogP contribution in [-0.4, -0.2) is 17.9 Å². The Bertz CT molecular complexity index is 768. The number of carbonyl (C=O) groups is 1. The summed E-state index contributed by atoms with van der Waals surface area (Å²) in [6.07, 6.45) is 1.01. The second kappa shape index (κ2) is 5.85. The van der Waals surface area contributed by atoms with Gasteiger partial charge in [-0.1, -0.05) is 48.5 Å². The van der Waals surface area contributed by atoms with E-state index < -0.39 is 6.10 Å². The first-order chi connectivity index (χ1) is 10.3. The molecule has 0 fully saturated rings. The highest BCUT2D eigenvalue weighted by molar-refractivity contribution is 6.02. The van der Waals surface area contributed by atoms with Crippen LogP contribution in [0.4, 0.5) is 0 Å². The topological polar surface area (TPSA) is 39.2 Å². The van der Waals surface area contributed by atoms with Crippen LogP contribution in [0.2, 0.25) is 0 Å². The monoisotopic (exact) mass is 277 g/mol. The number of benzene rings is 2. The number of ether oxygens (including phenoxy) is 1. The van der Waals surface area contributed by atoms with Gasteiger partial charge in [-0.3, -0.25) is 9.78 Å². The molecule has 104 valence electrons. The quantitative estimate of drug-likeness (QED) is 0.681. The number of pyridine rings is 1. The van der Waals surface area contributed by atoms with Crippen molar-refractivity contribution in [3.63, 3.8) is 0 Å². The van der Waals surface area contributed by atoms with Gasteiger partial charge in [-0.25, -0.2) is 0 Å². The van der Waals surface area contributed by atoms with Gasteiger partial charge >= 0.3 is 0 Å². The van der Waals surface area contributed by atoms with Crippen molar-refractivity contribution in [3.05, 3.63) is 78.0 Å². The maximum absolute atomic E-state index is 12.7. The van der Waals surface area contributed by atoms with Crippen LogP contribution in [0.5, 0.6) is 0 Å². The van der Waals surface area contributed by atoms with Crippen molar-refractivity contribution in [2.75, 3.05) is 7.11 Å². The average Bonchev–Trinajstić information content (AvgIpc) is 2.56. The molecule has 0 aliphatic carbocycles. The lowest BCUT2D eigenvalue weighted by Gasteiger charge is -2.14. The molecule has 0 bridgehead atoms. The number of nitrogens with zero attached hydrogens (tertiary/aromatic N) is 1. The number of methoxy groups -OCH3 is 1. The van der Waals surface area contributed by atoms with E-state index in [4.69, 9.17) is 4.74 Å². The summed E-state index contributed by atoms with van der Waals surface area (Å²) in [5.41, 5.74) is 2.28. The molecule has 0 amide bonds. The zero-order valence-electron chi connectivity index (χ0n) is 11.7. The molecule has 0 saturated carbocycles. The number of aromatic nitrogens is 1. The molecule has 1 aromatic heterocycles. The minimum absolute atomic E-state index is 0.0815. The van der Waals surface area contributed by atoms with Gasteiger partial charge in [0.25, 0.3) is 0 Å². The molecule has 1 heterocycles. The first kappa shape index (κ1) is 13.5. The number of Topliss-reactive ketones (excluding diaryl/α,β-unsaturated/α-hetero) is 1. The Hall–Kier alpha value is -2.52. The summed E-state index contributed by atoms with van der Waals surface area (Å²) in [5, 5.41) is 0.950. The lowest BCUT2D eigenvalue weighted by molar-refractivity contribution is 0.0604. The van der Waals surface area contributed by atoms with Gasteiger partial charge in [0.15, 0.2) is 5.78 Å². The summed E-state index contributed by atoms with van der Waals surface area (Å²) < 4.78 is 5.39. The molecule has 3 rings (SSSR count). The highest BCUT2D eigenvalue weighted by Gasteiger charge is 2.21. The van der Waals surface area contributed by atoms with Crippen LogP contribution < -0.4 is 0 Å². The zero-order valence-corrected chi connectivity index (χ0v) is 11.7. The molecule has 0 spiro atoms. The minimum Gasteiger partial charge on any atom is -0.369 e. The van der Waals surface area contributed by atoms with Crippen LogP contribution in [0.25, 0.3) is 10.9 Å². The molecule has 3 aromatic rings. The van der Waals surface area contributed by atoms with E-state index in [0.29, 0.717) is 5.56 Å². The SMILES string of the molecule is COC(C(=O)c1cnc2ccccc2c1)c1ccccc1. The Morgan fingerprint density at radius 3 is 2.52 bits per heavy atom. The Morgan fingerprint density at radius 1 is 1.05 bits per heavy atom. The third kappa shape index (κ3) is 2.69. The number of carbonyl (C=O) groups excluding carboxylic acids is 1. The van der Waals surface area contributed by atoms with Crippen molar-refractivity contribution in [1.29, 1.82) is 0 Å². The van der Waals surface area contributed by atoms with Gasteiger partial charge in [0.2, 0.25) is 0 Å². The molecule has 0 aliphatic heterocycles. The molecule has 3 heteroatoms. The van der Waals surface area contributed by atoms with E-state index in [0.717, 1.165) is 16.5 Å². The molecule has 0 radical (unpaired) electrons. The van der Waals surface area contributed by atoms with E-state index >= 15 is 0 Å². The third-order valence-electron chi connectivity index (χ3n) is 3.45. The van der Waals surface area contributed by atoms with E-state index in [2.05, 4.69) is 4.98 Å².